The van der Waals surface area contributed by atoms with Crippen molar-refractivity contribution in [1.82, 2.24) is 5.43 Å². The molecule has 0 aliphatic rings. The fraction of sp³-hybridized carbons (Fsp3) is 0.125. The van der Waals surface area contributed by atoms with Gasteiger partial charge in [-0.05, 0) is 48.0 Å². The predicted octanol–water partition coefficient (Wildman–Crippen LogP) is 2.81. The van der Waals surface area contributed by atoms with Crippen LogP contribution in [0.25, 0.3) is 0 Å². The normalized spacial score (nSPS) is 11.2. The van der Waals surface area contributed by atoms with Crippen molar-refractivity contribution in [2.24, 2.45) is 5.10 Å². The second-order valence-electron chi connectivity index (χ2n) is 4.76. The number of halogens is 1. The summed E-state index contributed by atoms with van der Waals surface area (Å²) in [4.78, 5) is 10.9. The molecule has 1 N–H and O–H groups in total. The largest absolute Gasteiger partial charge is 0.493 e. The van der Waals surface area contributed by atoms with Gasteiger partial charge < -0.3 is 13.7 Å². The van der Waals surface area contributed by atoms with E-state index in [9.17, 15) is 13.2 Å². The Bertz CT molecular complexity index is 913. The molecular formula is C16H15ClN2O6S. The fourth-order valence-corrected chi connectivity index (χ4v) is 2.87. The molecule has 0 unspecified atom stereocenters. The average molecular weight is 399 g/mol. The van der Waals surface area contributed by atoms with Crippen molar-refractivity contribution >= 4 is 34.0 Å². The molecule has 1 amide bonds. The number of ether oxygens (including phenoxy) is 2. The zero-order valence-corrected chi connectivity index (χ0v) is 15.4. The molecule has 26 heavy (non-hydrogen) atoms. The quantitative estimate of drug-likeness (QED) is 0.456. The maximum atomic E-state index is 12.3. The molecule has 0 aliphatic heterocycles. The molecule has 0 heterocycles. The van der Waals surface area contributed by atoms with Gasteiger partial charge in [-0.3, -0.25) is 0 Å². The number of nitrogens with zero attached hydrogens (tertiary/aromatic N) is 1. The van der Waals surface area contributed by atoms with Gasteiger partial charge in [-0.1, -0.05) is 11.6 Å². The summed E-state index contributed by atoms with van der Waals surface area (Å²) in [6.07, 6.45) is 0.610. The molecule has 0 fully saturated rings. The lowest BCUT2D eigenvalue weighted by Crippen LogP contribution is -2.16. The lowest BCUT2D eigenvalue weighted by Gasteiger charge is -2.11. The van der Waals surface area contributed by atoms with Crippen LogP contribution in [0.2, 0.25) is 5.02 Å². The molecule has 0 bridgehead atoms. The van der Waals surface area contributed by atoms with Crippen LogP contribution in [0.15, 0.2) is 52.5 Å². The van der Waals surface area contributed by atoms with Crippen LogP contribution in [0.4, 0.5) is 4.79 Å². The van der Waals surface area contributed by atoms with Crippen molar-refractivity contribution in [2.45, 2.75) is 4.90 Å². The summed E-state index contributed by atoms with van der Waals surface area (Å²) in [6, 6.07) is 10.0. The average Bonchev–Trinajstić information content (AvgIpc) is 2.62. The van der Waals surface area contributed by atoms with Crippen LogP contribution in [-0.2, 0) is 14.9 Å². The van der Waals surface area contributed by atoms with Crippen LogP contribution < -0.4 is 14.3 Å². The number of hydrogen-bond donors (Lipinski definition) is 1. The smallest absolute Gasteiger partial charge is 0.427 e. The molecule has 138 valence electrons. The number of benzene rings is 2. The second-order valence-corrected chi connectivity index (χ2v) is 6.75. The minimum atomic E-state index is -4.05. The van der Waals surface area contributed by atoms with Crippen LogP contribution in [-0.4, -0.2) is 34.9 Å². The summed E-state index contributed by atoms with van der Waals surface area (Å²) in [5, 5.41) is 4.08. The van der Waals surface area contributed by atoms with Crippen molar-refractivity contribution < 1.29 is 26.9 Å². The molecule has 2 aromatic carbocycles. The van der Waals surface area contributed by atoms with Crippen LogP contribution in [0.5, 0.6) is 11.5 Å². The standard InChI is InChI=1S/C16H15ClN2O6S/c1-23-15-9-11(10-18-19-16(20)24-2)3-8-14(15)25-26(21,22)13-6-4-12(17)5-7-13/h3-10H,1-2H3,(H,19,20)/b18-10+. The lowest BCUT2D eigenvalue weighted by molar-refractivity contribution is 0.171. The Morgan fingerprint density at radius 1 is 1.12 bits per heavy atom. The minimum absolute atomic E-state index is 0.000488. The zero-order valence-electron chi connectivity index (χ0n) is 13.8. The molecule has 10 heteroatoms. The predicted molar refractivity (Wildman–Crippen MR) is 95.4 cm³/mol. The Morgan fingerprint density at radius 3 is 2.42 bits per heavy atom. The SMILES string of the molecule is COC(=O)N/N=C/c1ccc(OS(=O)(=O)c2ccc(Cl)cc2)c(OC)c1. The second kappa shape index (κ2) is 8.54. The van der Waals surface area contributed by atoms with Crippen molar-refractivity contribution in [3.63, 3.8) is 0 Å². The van der Waals surface area contributed by atoms with Gasteiger partial charge in [-0.15, -0.1) is 0 Å². The van der Waals surface area contributed by atoms with Gasteiger partial charge in [-0.25, -0.2) is 10.2 Å². The third-order valence-corrected chi connectivity index (χ3v) is 4.54. The van der Waals surface area contributed by atoms with Crippen LogP contribution in [0.1, 0.15) is 5.56 Å². The fourth-order valence-electron chi connectivity index (χ4n) is 1.81. The van der Waals surface area contributed by atoms with E-state index in [2.05, 4.69) is 15.3 Å². The van der Waals surface area contributed by atoms with Gasteiger partial charge in [-0.2, -0.15) is 13.5 Å². The summed E-state index contributed by atoms with van der Waals surface area (Å²) in [5.74, 6) is 0.171. The third kappa shape index (κ3) is 5.11. The third-order valence-electron chi connectivity index (χ3n) is 3.04. The van der Waals surface area contributed by atoms with E-state index in [1.165, 1.54) is 62.9 Å². The number of rotatable bonds is 6. The number of methoxy groups -OCH3 is 2. The first-order chi connectivity index (χ1) is 12.4. The molecule has 0 aromatic heterocycles. The zero-order chi connectivity index (χ0) is 19.2. The van der Waals surface area contributed by atoms with Gasteiger partial charge in [0.25, 0.3) is 0 Å². The summed E-state index contributed by atoms with van der Waals surface area (Å²) >= 11 is 5.76. The molecule has 2 aromatic rings. The van der Waals surface area contributed by atoms with E-state index in [0.717, 1.165) is 0 Å². The number of hydrazone groups is 1. The van der Waals surface area contributed by atoms with Gasteiger partial charge in [0, 0.05) is 5.02 Å². The number of carbonyl (C=O) groups is 1. The van der Waals surface area contributed by atoms with E-state index in [-0.39, 0.29) is 16.4 Å². The molecule has 0 radical (unpaired) electrons. The van der Waals surface area contributed by atoms with Crippen molar-refractivity contribution in [3.8, 4) is 11.5 Å². The van der Waals surface area contributed by atoms with Crippen LogP contribution in [0.3, 0.4) is 0 Å². The Hall–Kier alpha value is -2.78. The van der Waals surface area contributed by atoms with Crippen molar-refractivity contribution in [2.75, 3.05) is 14.2 Å². The van der Waals surface area contributed by atoms with E-state index < -0.39 is 16.2 Å². The molecule has 2 rings (SSSR count). The Kier molecular flexibility index (Phi) is 6.42. The molecular weight excluding hydrogens is 384 g/mol. The number of nitrogens with one attached hydrogen (secondary N) is 1. The Labute approximate surface area is 155 Å². The highest BCUT2D eigenvalue weighted by Crippen LogP contribution is 2.30. The first-order valence-electron chi connectivity index (χ1n) is 7.11. The summed E-state index contributed by atoms with van der Waals surface area (Å²) in [5.41, 5.74) is 2.66. The number of hydrogen-bond acceptors (Lipinski definition) is 7. The highest BCUT2D eigenvalue weighted by Gasteiger charge is 2.19. The van der Waals surface area contributed by atoms with E-state index >= 15 is 0 Å². The summed E-state index contributed by atoms with van der Waals surface area (Å²) < 4.78 is 39.3. The molecule has 0 spiro atoms. The van der Waals surface area contributed by atoms with Crippen molar-refractivity contribution in [1.29, 1.82) is 0 Å². The lowest BCUT2D eigenvalue weighted by atomic mass is 10.2. The van der Waals surface area contributed by atoms with Crippen molar-refractivity contribution in [3.05, 3.63) is 53.1 Å². The highest BCUT2D eigenvalue weighted by atomic mass is 35.5. The monoisotopic (exact) mass is 398 g/mol. The minimum Gasteiger partial charge on any atom is -0.493 e. The Morgan fingerprint density at radius 2 is 1.81 bits per heavy atom. The van der Waals surface area contributed by atoms with Gasteiger partial charge in [0.1, 0.15) is 4.90 Å². The van der Waals surface area contributed by atoms with Gasteiger partial charge >= 0.3 is 16.2 Å². The summed E-state index contributed by atoms with van der Waals surface area (Å²) in [7, 11) is -1.48. The number of carbonyl (C=O) groups excluding carboxylic acids is 1. The first kappa shape index (κ1) is 19.5. The van der Waals surface area contributed by atoms with Crippen LogP contribution in [0, 0.1) is 0 Å². The highest BCUT2D eigenvalue weighted by molar-refractivity contribution is 7.87. The topological polar surface area (TPSA) is 103 Å². The molecule has 0 saturated carbocycles. The summed E-state index contributed by atoms with van der Waals surface area (Å²) in [6.45, 7) is 0. The van der Waals surface area contributed by atoms with E-state index in [4.69, 9.17) is 20.5 Å². The number of amides is 1. The molecule has 0 saturated heterocycles. The molecule has 8 nitrogen and oxygen atoms in total. The Balaban J connectivity index is 2.21. The maximum Gasteiger partial charge on any atom is 0.427 e. The van der Waals surface area contributed by atoms with Gasteiger partial charge in [0.2, 0.25) is 0 Å². The van der Waals surface area contributed by atoms with E-state index in [1.54, 1.807) is 0 Å². The van der Waals surface area contributed by atoms with Gasteiger partial charge in [0.15, 0.2) is 11.5 Å². The first-order valence-corrected chi connectivity index (χ1v) is 8.89. The van der Waals surface area contributed by atoms with E-state index in [0.29, 0.717) is 10.6 Å². The van der Waals surface area contributed by atoms with Crippen LogP contribution >= 0.6 is 11.6 Å². The van der Waals surface area contributed by atoms with E-state index in [1.807, 2.05) is 0 Å². The maximum absolute atomic E-state index is 12.3. The van der Waals surface area contributed by atoms with Gasteiger partial charge in [0.05, 0.1) is 20.4 Å². The molecule has 0 atom stereocenters. The molecule has 0 aliphatic carbocycles.